The highest BCUT2D eigenvalue weighted by molar-refractivity contribution is 8.21. The average molecular weight is 578 g/mol. The molecule has 0 radical (unpaired) electrons. The fourth-order valence-corrected chi connectivity index (χ4v) is 5.74. The molecule has 0 bridgehead atoms. The van der Waals surface area contributed by atoms with E-state index >= 15 is 0 Å². The molecule has 38 heavy (non-hydrogen) atoms. The minimum Gasteiger partial charge on any atom is -0.457 e. The molecule has 0 aliphatic carbocycles. The number of hydrogen-bond donors (Lipinski definition) is 1. The second-order valence-corrected chi connectivity index (χ2v) is 11.1. The van der Waals surface area contributed by atoms with Gasteiger partial charge in [-0.2, -0.15) is 5.26 Å². The second-order valence-electron chi connectivity index (χ2n) is 8.00. The SMILES string of the molecule is N#CC(C(=O)Nc1ccc(Oc2ccccc2)cc1)=C(SCc1ccc(Cl)cc1)SCc1ccc(Cl)cc1. The number of halogens is 2. The van der Waals surface area contributed by atoms with Crippen molar-refractivity contribution in [3.05, 3.63) is 134 Å². The third kappa shape index (κ3) is 8.34. The monoisotopic (exact) mass is 576 g/mol. The zero-order chi connectivity index (χ0) is 26.7. The van der Waals surface area contributed by atoms with Crippen molar-refractivity contribution in [2.45, 2.75) is 11.5 Å². The standard InChI is InChI=1S/C30H22Cl2N2O2S2/c31-23-10-6-21(7-11-23)19-37-30(38-20-22-8-12-24(32)13-9-22)28(18-33)29(35)34-25-14-16-27(17-15-25)36-26-4-2-1-3-5-26/h1-17H,19-20H2,(H,34,35). The number of anilines is 1. The van der Waals surface area contributed by atoms with Crippen molar-refractivity contribution in [1.29, 1.82) is 5.26 Å². The van der Waals surface area contributed by atoms with Crippen LogP contribution in [0, 0.1) is 11.3 Å². The quantitative estimate of drug-likeness (QED) is 0.150. The van der Waals surface area contributed by atoms with Gasteiger partial charge in [-0.05, 0) is 71.8 Å². The van der Waals surface area contributed by atoms with E-state index in [4.69, 9.17) is 27.9 Å². The molecule has 4 rings (SSSR count). The highest BCUT2D eigenvalue weighted by Gasteiger charge is 2.18. The van der Waals surface area contributed by atoms with Gasteiger partial charge in [0, 0.05) is 27.2 Å². The van der Waals surface area contributed by atoms with Gasteiger partial charge in [0.15, 0.2) is 0 Å². The molecule has 1 N–H and O–H groups in total. The molecular formula is C30H22Cl2N2O2S2. The van der Waals surface area contributed by atoms with Crippen LogP contribution in [0.25, 0.3) is 0 Å². The van der Waals surface area contributed by atoms with E-state index in [0.717, 1.165) is 16.9 Å². The Balaban J connectivity index is 1.49. The van der Waals surface area contributed by atoms with Crippen molar-refractivity contribution >= 4 is 58.3 Å². The van der Waals surface area contributed by atoms with Crippen molar-refractivity contribution in [3.8, 4) is 17.6 Å². The Morgan fingerprint density at radius 3 is 1.74 bits per heavy atom. The number of rotatable bonds is 10. The summed E-state index contributed by atoms with van der Waals surface area (Å²) in [6, 6.07) is 33.6. The number of ether oxygens (including phenoxy) is 1. The highest BCUT2D eigenvalue weighted by Crippen LogP contribution is 2.37. The summed E-state index contributed by atoms with van der Waals surface area (Å²) in [5.74, 6) is 2.07. The number of nitrogens with zero attached hydrogens (tertiary/aromatic N) is 1. The maximum Gasteiger partial charge on any atom is 0.268 e. The smallest absolute Gasteiger partial charge is 0.268 e. The maximum absolute atomic E-state index is 13.2. The van der Waals surface area contributed by atoms with Gasteiger partial charge in [0.25, 0.3) is 5.91 Å². The molecule has 0 fully saturated rings. The predicted molar refractivity (Wildman–Crippen MR) is 160 cm³/mol. The van der Waals surface area contributed by atoms with Gasteiger partial charge in [-0.1, -0.05) is 65.7 Å². The number of hydrogen-bond acceptors (Lipinski definition) is 5. The number of para-hydroxylation sites is 1. The second kappa shape index (κ2) is 14.0. The van der Waals surface area contributed by atoms with Gasteiger partial charge in [0.05, 0.1) is 4.24 Å². The minimum atomic E-state index is -0.466. The topological polar surface area (TPSA) is 62.1 Å². The normalized spacial score (nSPS) is 10.3. The van der Waals surface area contributed by atoms with Crippen LogP contribution in [0.3, 0.4) is 0 Å². The number of nitriles is 1. The van der Waals surface area contributed by atoms with E-state index in [9.17, 15) is 10.1 Å². The molecule has 4 nitrogen and oxygen atoms in total. The van der Waals surface area contributed by atoms with Crippen molar-refractivity contribution in [3.63, 3.8) is 0 Å². The first-order valence-corrected chi connectivity index (χ1v) is 14.3. The van der Waals surface area contributed by atoms with Crippen LogP contribution in [0.1, 0.15) is 11.1 Å². The zero-order valence-electron chi connectivity index (χ0n) is 20.1. The van der Waals surface area contributed by atoms with E-state index in [1.807, 2.05) is 78.9 Å². The van der Waals surface area contributed by atoms with Gasteiger partial charge in [0.1, 0.15) is 23.1 Å². The van der Waals surface area contributed by atoms with E-state index in [1.54, 1.807) is 24.3 Å². The van der Waals surface area contributed by atoms with Crippen LogP contribution in [0.4, 0.5) is 5.69 Å². The van der Waals surface area contributed by atoms with Crippen LogP contribution >= 0.6 is 46.7 Å². The van der Waals surface area contributed by atoms with Crippen LogP contribution in [0.5, 0.6) is 11.5 Å². The van der Waals surface area contributed by atoms with Gasteiger partial charge >= 0.3 is 0 Å². The van der Waals surface area contributed by atoms with E-state index in [2.05, 4.69) is 11.4 Å². The summed E-state index contributed by atoms with van der Waals surface area (Å²) >= 11 is 14.9. The summed E-state index contributed by atoms with van der Waals surface area (Å²) in [5, 5.41) is 14.1. The molecule has 0 saturated heterocycles. The first-order valence-electron chi connectivity index (χ1n) is 11.5. The Bertz CT molecular complexity index is 1380. The van der Waals surface area contributed by atoms with E-state index in [-0.39, 0.29) is 5.57 Å². The lowest BCUT2D eigenvalue weighted by atomic mass is 10.2. The lowest BCUT2D eigenvalue weighted by molar-refractivity contribution is -0.112. The van der Waals surface area contributed by atoms with Crippen LogP contribution in [-0.2, 0) is 16.3 Å². The summed E-state index contributed by atoms with van der Waals surface area (Å²) in [7, 11) is 0. The van der Waals surface area contributed by atoms with Crippen LogP contribution in [-0.4, -0.2) is 5.91 Å². The molecule has 190 valence electrons. The van der Waals surface area contributed by atoms with Gasteiger partial charge < -0.3 is 10.1 Å². The molecule has 0 saturated carbocycles. The van der Waals surface area contributed by atoms with Crippen LogP contribution in [0.15, 0.2) is 113 Å². The molecule has 0 aliphatic heterocycles. The van der Waals surface area contributed by atoms with Gasteiger partial charge in [-0.3, -0.25) is 4.79 Å². The number of thioether (sulfide) groups is 2. The Labute approximate surface area is 240 Å². The van der Waals surface area contributed by atoms with E-state index in [0.29, 0.717) is 37.2 Å². The third-order valence-corrected chi connectivity index (χ3v) is 8.30. The summed E-state index contributed by atoms with van der Waals surface area (Å²) in [6.07, 6.45) is 0. The molecule has 1 amide bonds. The van der Waals surface area contributed by atoms with Crippen molar-refractivity contribution in [2.24, 2.45) is 0 Å². The summed E-state index contributed by atoms with van der Waals surface area (Å²) < 4.78 is 6.45. The fourth-order valence-electron chi connectivity index (χ4n) is 3.26. The molecule has 0 unspecified atom stereocenters. The molecule has 4 aromatic carbocycles. The van der Waals surface area contributed by atoms with Gasteiger partial charge in [-0.15, -0.1) is 23.5 Å². The molecule has 0 spiro atoms. The molecule has 0 aromatic heterocycles. The summed E-state index contributed by atoms with van der Waals surface area (Å²) in [6.45, 7) is 0. The van der Waals surface area contributed by atoms with Crippen LogP contribution in [0.2, 0.25) is 10.0 Å². The van der Waals surface area contributed by atoms with E-state index in [1.165, 1.54) is 23.5 Å². The lowest BCUT2D eigenvalue weighted by Gasteiger charge is -2.12. The Kier molecular flexibility index (Phi) is 10.2. The Morgan fingerprint density at radius 1 is 0.737 bits per heavy atom. The Hall–Kier alpha value is -3.34. The first-order chi connectivity index (χ1) is 18.5. The van der Waals surface area contributed by atoms with Crippen molar-refractivity contribution in [1.82, 2.24) is 0 Å². The van der Waals surface area contributed by atoms with Crippen molar-refractivity contribution < 1.29 is 9.53 Å². The largest absolute Gasteiger partial charge is 0.457 e. The van der Waals surface area contributed by atoms with Crippen molar-refractivity contribution in [2.75, 3.05) is 5.32 Å². The predicted octanol–water partition coefficient (Wildman–Crippen LogP) is 9.33. The molecule has 4 aromatic rings. The number of carbonyl (C=O) groups excluding carboxylic acids is 1. The molecule has 8 heteroatoms. The molecule has 0 atom stereocenters. The van der Waals surface area contributed by atoms with Gasteiger partial charge in [-0.25, -0.2) is 0 Å². The fraction of sp³-hybridized carbons (Fsp3) is 0.0667. The minimum absolute atomic E-state index is 0.0625. The van der Waals surface area contributed by atoms with Crippen LogP contribution < -0.4 is 10.1 Å². The molecular weight excluding hydrogens is 555 g/mol. The number of amides is 1. The maximum atomic E-state index is 13.2. The number of nitrogens with one attached hydrogen (secondary N) is 1. The average Bonchev–Trinajstić information content (AvgIpc) is 2.94. The number of benzene rings is 4. The molecule has 0 heterocycles. The third-order valence-electron chi connectivity index (χ3n) is 5.20. The zero-order valence-corrected chi connectivity index (χ0v) is 23.2. The summed E-state index contributed by atoms with van der Waals surface area (Å²) in [5.41, 5.74) is 2.70. The van der Waals surface area contributed by atoms with Gasteiger partial charge in [0.2, 0.25) is 0 Å². The number of carbonyl (C=O) groups is 1. The molecule has 0 aliphatic rings. The lowest BCUT2D eigenvalue weighted by Crippen LogP contribution is -2.14. The Morgan fingerprint density at radius 2 is 1.24 bits per heavy atom. The summed E-state index contributed by atoms with van der Waals surface area (Å²) in [4.78, 5) is 13.2. The van der Waals surface area contributed by atoms with E-state index < -0.39 is 5.91 Å². The first kappa shape index (κ1) is 27.7. The highest BCUT2D eigenvalue weighted by atomic mass is 35.5.